The topological polar surface area (TPSA) is 250 Å². The standard InChI is InChI=1S/C58H86N8O11S/c1-16-57(12,35-77-36-58(13,17-2)34-66-46(68)29-30-47(66)69)33-45(67)60-39(6)53(73)65-31-21-24-43(65)51(71)61-41-25-27-42(28-26-41)78(75,76)63-50(70)38(5)32-44(37(3)4)64(15)54(74)49(55(7,8)9)62-52(72)48(59-14)56(10,11)40-22-19-18-20-23-40/h18-20,22-23,25-30,32,37,39,43-44,48-49,59H,16-17,21,24,31,33-36H2,1-15H3,(H,60,67)(H,61,71)(H,62,72)(H,63,70). The zero-order chi connectivity index (χ0) is 58.7. The number of likely N-dealkylation sites (N-methyl/N-ethyl adjacent to an activating group) is 2. The highest BCUT2D eigenvalue weighted by atomic mass is 32.2. The first-order chi connectivity index (χ1) is 36.2. The third-order valence-corrected chi connectivity index (χ3v) is 16.7. The van der Waals surface area contributed by atoms with Crippen LogP contribution in [0.4, 0.5) is 5.69 Å². The third kappa shape index (κ3) is 16.4. The van der Waals surface area contributed by atoms with Crippen molar-refractivity contribution >= 4 is 63.0 Å². The Morgan fingerprint density at radius 3 is 1.94 bits per heavy atom. The summed E-state index contributed by atoms with van der Waals surface area (Å²) in [5.41, 5.74) is -1.25. The van der Waals surface area contributed by atoms with Crippen LogP contribution in [0, 0.1) is 22.2 Å². The van der Waals surface area contributed by atoms with Crippen LogP contribution in [0.3, 0.4) is 0 Å². The zero-order valence-electron chi connectivity index (χ0n) is 48.5. The van der Waals surface area contributed by atoms with Gasteiger partial charge in [-0.25, -0.2) is 13.1 Å². The molecule has 5 N–H and O–H groups in total. The molecule has 0 saturated carbocycles. The maximum atomic E-state index is 14.4. The number of benzene rings is 2. The lowest BCUT2D eigenvalue weighted by molar-refractivity contribution is -0.141. The van der Waals surface area contributed by atoms with Crippen LogP contribution in [-0.4, -0.2) is 141 Å². The van der Waals surface area contributed by atoms with Gasteiger partial charge in [0.25, 0.3) is 27.7 Å². The molecule has 2 aliphatic rings. The Morgan fingerprint density at radius 2 is 1.40 bits per heavy atom. The van der Waals surface area contributed by atoms with Crippen molar-refractivity contribution in [1.82, 2.24) is 35.4 Å². The molecule has 2 heterocycles. The number of anilines is 1. The number of amides is 8. The predicted molar refractivity (Wildman–Crippen MR) is 300 cm³/mol. The first-order valence-electron chi connectivity index (χ1n) is 26.9. The summed E-state index contributed by atoms with van der Waals surface area (Å²) in [6.45, 7) is 24.9. The first kappa shape index (κ1) is 64.3. The molecule has 7 atom stereocenters. The Balaban J connectivity index is 1.35. The zero-order valence-corrected chi connectivity index (χ0v) is 49.3. The van der Waals surface area contributed by atoms with E-state index in [0.717, 1.165) is 5.56 Å². The molecular formula is C58H86N8O11S. The van der Waals surface area contributed by atoms with Gasteiger partial charge >= 0.3 is 0 Å². The number of carbonyl (C=O) groups excluding carboxylic acids is 8. The van der Waals surface area contributed by atoms with Crippen molar-refractivity contribution < 1.29 is 51.5 Å². The van der Waals surface area contributed by atoms with Crippen molar-refractivity contribution in [3.8, 4) is 0 Å². The van der Waals surface area contributed by atoms with E-state index in [2.05, 4.69) is 26.0 Å². The van der Waals surface area contributed by atoms with Crippen molar-refractivity contribution in [2.75, 3.05) is 45.7 Å². The van der Waals surface area contributed by atoms with E-state index in [1.54, 1.807) is 21.0 Å². The Hall–Kier alpha value is -6.25. The molecule has 78 heavy (non-hydrogen) atoms. The Labute approximate surface area is 462 Å². The molecule has 1 saturated heterocycles. The molecule has 430 valence electrons. The van der Waals surface area contributed by atoms with Crippen LogP contribution in [-0.2, 0) is 58.5 Å². The van der Waals surface area contributed by atoms with E-state index in [1.165, 1.54) is 64.1 Å². The number of sulfonamides is 1. The van der Waals surface area contributed by atoms with Gasteiger partial charge in [0, 0.05) is 60.8 Å². The van der Waals surface area contributed by atoms with Crippen LogP contribution in [0.15, 0.2) is 83.3 Å². The summed E-state index contributed by atoms with van der Waals surface area (Å²) in [5.74, 6) is -3.92. The molecule has 0 aliphatic carbocycles. The molecular weight excluding hydrogens is 1020 g/mol. The monoisotopic (exact) mass is 1100 g/mol. The molecule has 1 fully saturated rings. The van der Waals surface area contributed by atoms with Crippen LogP contribution in [0.25, 0.3) is 0 Å². The second kappa shape index (κ2) is 26.6. The molecule has 4 rings (SSSR count). The van der Waals surface area contributed by atoms with Gasteiger partial charge in [0.1, 0.15) is 18.1 Å². The molecule has 19 nitrogen and oxygen atoms in total. The summed E-state index contributed by atoms with van der Waals surface area (Å²) in [6, 6.07) is 10.7. The van der Waals surface area contributed by atoms with Gasteiger partial charge in [-0.1, -0.05) is 113 Å². The average molecular weight is 1100 g/mol. The summed E-state index contributed by atoms with van der Waals surface area (Å²) in [4.78, 5) is 111. The molecule has 2 aromatic rings. The fourth-order valence-electron chi connectivity index (χ4n) is 9.71. The van der Waals surface area contributed by atoms with E-state index in [0.29, 0.717) is 25.7 Å². The highest BCUT2D eigenvalue weighted by molar-refractivity contribution is 7.90. The quantitative estimate of drug-likeness (QED) is 0.0570. The van der Waals surface area contributed by atoms with Crippen molar-refractivity contribution in [1.29, 1.82) is 0 Å². The van der Waals surface area contributed by atoms with Crippen molar-refractivity contribution in [2.24, 2.45) is 22.2 Å². The van der Waals surface area contributed by atoms with Crippen LogP contribution in [0.2, 0.25) is 0 Å². The minimum Gasteiger partial charge on any atom is -0.380 e. The largest absolute Gasteiger partial charge is 0.380 e. The van der Waals surface area contributed by atoms with E-state index in [1.807, 2.05) is 106 Å². The van der Waals surface area contributed by atoms with Crippen molar-refractivity contribution in [3.05, 3.63) is 84.0 Å². The second-order valence-electron chi connectivity index (χ2n) is 23.7. The fraction of sp³-hybridized carbons (Fsp3) is 0.586. The van der Waals surface area contributed by atoms with E-state index in [4.69, 9.17) is 4.74 Å². The van der Waals surface area contributed by atoms with Gasteiger partial charge < -0.3 is 35.8 Å². The molecule has 7 unspecified atom stereocenters. The van der Waals surface area contributed by atoms with Crippen LogP contribution >= 0.6 is 0 Å². The third-order valence-electron chi connectivity index (χ3n) is 15.3. The average Bonchev–Trinajstić information content (AvgIpc) is 3.99. The minimum atomic E-state index is -4.43. The normalized spacial score (nSPS) is 18.4. The smallest absolute Gasteiger partial charge is 0.264 e. The SMILES string of the molecule is CCC(C)(COCC(C)(CC)CN1C(=O)C=CC1=O)CC(=O)NC(C)C(=O)N1CCCC1C(=O)Nc1ccc(S(=O)(=O)NC(=O)C(C)=CC(C(C)C)N(C)C(=O)C(NC(=O)C(NC)C(C)(C)c2ccccc2)C(C)(C)C)cc1. The molecule has 2 aromatic carbocycles. The number of nitrogens with zero attached hydrogens (tertiary/aromatic N) is 3. The maximum absolute atomic E-state index is 14.4. The van der Waals surface area contributed by atoms with Crippen molar-refractivity contribution in [3.63, 3.8) is 0 Å². The lowest BCUT2D eigenvalue weighted by Crippen LogP contribution is -2.61. The molecule has 2 aliphatic heterocycles. The van der Waals surface area contributed by atoms with Crippen molar-refractivity contribution in [2.45, 2.75) is 163 Å². The first-order valence-corrected chi connectivity index (χ1v) is 28.4. The Kier molecular flexibility index (Phi) is 21.9. The number of carbonyl (C=O) groups is 8. The summed E-state index contributed by atoms with van der Waals surface area (Å²) < 4.78 is 35.3. The maximum Gasteiger partial charge on any atom is 0.264 e. The number of nitrogens with one attached hydrogen (secondary N) is 5. The fourth-order valence-corrected chi connectivity index (χ4v) is 10.7. The van der Waals surface area contributed by atoms with Gasteiger partial charge in [-0.15, -0.1) is 0 Å². The van der Waals surface area contributed by atoms with Gasteiger partial charge in [0.05, 0.1) is 30.2 Å². The highest BCUT2D eigenvalue weighted by Gasteiger charge is 2.43. The van der Waals surface area contributed by atoms with Gasteiger partial charge in [-0.2, -0.15) is 0 Å². The molecule has 0 spiro atoms. The van der Waals surface area contributed by atoms with Gasteiger partial charge in [0.2, 0.25) is 29.5 Å². The Morgan fingerprint density at radius 1 is 0.821 bits per heavy atom. The molecule has 8 amide bonds. The number of imide groups is 1. The number of hydrogen-bond acceptors (Lipinski definition) is 12. The summed E-state index contributed by atoms with van der Waals surface area (Å²) in [6.07, 6.45) is 6.23. The second-order valence-corrected chi connectivity index (χ2v) is 25.4. The number of ether oxygens (including phenoxy) is 1. The van der Waals surface area contributed by atoms with E-state index in [9.17, 15) is 46.8 Å². The van der Waals surface area contributed by atoms with Crippen LogP contribution < -0.4 is 26.0 Å². The number of rotatable bonds is 26. The number of hydrogen-bond donors (Lipinski definition) is 5. The van der Waals surface area contributed by atoms with Gasteiger partial charge in [-0.05, 0) is 93.2 Å². The summed E-state index contributed by atoms with van der Waals surface area (Å²) >= 11 is 0. The lowest BCUT2D eigenvalue weighted by Gasteiger charge is -2.40. The number of likely N-dealkylation sites (tertiary alicyclic amines) is 1. The van der Waals surface area contributed by atoms with E-state index < -0.39 is 85.5 Å². The van der Waals surface area contributed by atoms with Gasteiger partial charge in [0.15, 0.2) is 0 Å². The van der Waals surface area contributed by atoms with Crippen LogP contribution in [0.1, 0.15) is 128 Å². The van der Waals surface area contributed by atoms with E-state index >= 15 is 0 Å². The highest BCUT2D eigenvalue weighted by Crippen LogP contribution is 2.32. The summed E-state index contributed by atoms with van der Waals surface area (Å²) in [7, 11) is -1.14. The van der Waals surface area contributed by atoms with E-state index in [-0.39, 0.29) is 78.4 Å². The molecule has 0 aromatic heterocycles. The lowest BCUT2D eigenvalue weighted by atomic mass is 9.76. The minimum absolute atomic E-state index is 0.0323. The summed E-state index contributed by atoms with van der Waals surface area (Å²) in [5, 5.41) is 11.7. The van der Waals surface area contributed by atoms with Crippen LogP contribution in [0.5, 0.6) is 0 Å². The Bertz CT molecular complexity index is 2670. The molecule has 0 radical (unpaired) electrons. The predicted octanol–water partition coefficient (Wildman–Crippen LogP) is 5.62. The molecule has 20 heteroatoms. The van der Waals surface area contributed by atoms with Gasteiger partial charge in [-0.3, -0.25) is 43.3 Å². The molecule has 0 bridgehead atoms.